The van der Waals surface area contributed by atoms with Crippen LogP contribution in [0.1, 0.15) is 72.9 Å². The van der Waals surface area contributed by atoms with E-state index in [-0.39, 0.29) is 0 Å². The summed E-state index contributed by atoms with van der Waals surface area (Å²) in [5.74, 6) is 1.13. The molecule has 0 heteroatoms. The average Bonchev–Trinajstić information content (AvgIpc) is 2.99. The summed E-state index contributed by atoms with van der Waals surface area (Å²) in [6.07, 6.45) is 2.10. The summed E-state index contributed by atoms with van der Waals surface area (Å²) in [4.78, 5) is 0. The molecule has 0 fully saturated rings. The first-order chi connectivity index (χ1) is 12.5. The monoisotopic (exact) mass is 340 g/mol. The number of hydrogen-bond acceptors (Lipinski definition) is 0. The fourth-order valence-electron chi connectivity index (χ4n) is 4.23. The first kappa shape index (κ1) is 17.1. The van der Waals surface area contributed by atoms with E-state index in [0.29, 0.717) is 11.8 Å². The molecular formula is C26H28. The molecule has 0 nitrogen and oxygen atoms in total. The number of benzene rings is 3. The van der Waals surface area contributed by atoms with Gasteiger partial charge in [0.1, 0.15) is 0 Å². The van der Waals surface area contributed by atoms with Crippen LogP contribution in [0, 0.1) is 0 Å². The normalized spacial score (nSPS) is 12.5. The second-order valence-corrected chi connectivity index (χ2v) is 8.27. The second kappa shape index (κ2) is 6.76. The van der Waals surface area contributed by atoms with Crippen molar-refractivity contribution in [2.24, 2.45) is 0 Å². The molecule has 0 amide bonds. The van der Waals surface area contributed by atoms with E-state index in [1.54, 1.807) is 0 Å². The molecule has 1 aliphatic rings. The Labute approximate surface area is 157 Å². The van der Waals surface area contributed by atoms with Crippen molar-refractivity contribution in [3.63, 3.8) is 0 Å². The van der Waals surface area contributed by atoms with Crippen LogP contribution in [0.3, 0.4) is 0 Å². The predicted molar refractivity (Wildman–Crippen MR) is 112 cm³/mol. The largest absolute Gasteiger partial charge is 0.0619 e. The summed E-state index contributed by atoms with van der Waals surface area (Å²) >= 11 is 0. The highest BCUT2D eigenvalue weighted by molar-refractivity contribution is 5.77. The Morgan fingerprint density at radius 1 is 0.731 bits per heavy atom. The fourth-order valence-corrected chi connectivity index (χ4v) is 4.23. The van der Waals surface area contributed by atoms with Gasteiger partial charge in [0.05, 0.1) is 0 Å². The lowest BCUT2D eigenvalue weighted by molar-refractivity contribution is 0.828. The number of hydrogen-bond donors (Lipinski definition) is 0. The van der Waals surface area contributed by atoms with Crippen LogP contribution in [0.25, 0.3) is 11.1 Å². The Hall–Kier alpha value is -2.34. The third-order valence-corrected chi connectivity index (χ3v) is 5.71. The van der Waals surface area contributed by atoms with Gasteiger partial charge in [-0.3, -0.25) is 0 Å². The molecule has 0 aromatic heterocycles. The summed E-state index contributed by atoms with van der Waals surface area (Å²) in [6, 6.07) is 23.0. The summed E-state index contributed by atoms with van der Waals surface area (Å²) in [5.41, 5.74) is 11.6. The molecule has 3 aromatic carbocycles. The van der Waals surface area contributed by atoms with Crippen LogP contribution >= 0.6 is 0 Å². The Kier molecular flexibility index (Phi) is 4.44. The molecule has 0 unspecified atom stereocenters. The molecule has 1 aliphatic carbocycles. The Morgan fingerprint density at radius 2 is 1.50 bits per heavy atom. The maximum absolute atomic E-state index is 2.43. The van der Waals surface area contributed by atoms with Crippen LogP contribution in [-0.2, 0) is 12.8 Å². The van der Waals surface area contributed by atoms with Gasteiger partial charge in [-0.25, -0.2) is 0 Å². The van der Waals surface area contributed by atoms with Gasteiger partial charge in [0.2, 0.25) is 0 Å². The zero-order valence-electron chi connectivity index (χ0n) is 16.3. The summed E-state index contributed by atoms with van der Waals surface area (Å²) in [5, 5.41) is 0. The van der Waals surface area contributed by atoms with Crippen molar-refractivity contribution in [3.05, 3.63) is 94.0 Å². The molecule has 0 radical (unpaired) electrons. The Balaban J connectivity index is 1.69. The van der Waals surface area contributed by atoms with Gasteiger partial charge in [0.15, 0.2) is 0 Å². The van der Waals surface area contributed by atoms with Crippen LogP contribution < -0.4 is 0 Å². The van der Waals surface area contributed by atoms with Gasteiger partial charge in [0.25, 0.3) is 0 Å². The van der Waals surface area contributed by atoms with E-state index in [2.05, 4.69) is 88.4 Å². The summed E-state index contributed by atoms with van der Waals surface area (Å²) in [6.45, 7) is 9.15. The molecule has 26 heavy (non-hydrogen) atoms. The maximum atomic E-state index is 2.43. The van der Waals surface area contributed by atoms with Crippen molar-refractivity contribution in [3.8, 4) is 11.1 Å². The third kappa shape index (κ3) is 3.09. The molecule has 0 spiro atoms. The number of fused-ring (bicyclic) bond motifs is 3. The first-order valence-electron chi connectivity index (χ1n) is 9.85. The van der Waals surface area contributed by atoms with E-state index in [1.165, 1.54) is 44.5 Å². The predicted octanol–water partition coefficient (Wildman–Crippen LogP) is 7.10. The molecule has 0 bridgehead atoms. The molecule has 0 N–H and O–H groups in total. The SMILES string of the molecule is CC(C)c1ccc(C(C)C)c(Cc2ccc3c(c2)Cc2ccccc2-3)c1. The Morgan fingerprint density at radius 3 is 2.27 bits per heavy atom. The lowest BCUT2D eigenvalue weighted by Gasteiger charge is -2.17. The third-order valence-electron chi connectivity index (χ3n) is 5.71. The molecule has 0 aliphatic heterocycles. The molecule has 3 aromatic rings. The zero-order chi connectivity index (χ0) is 18.3. The topological polar surface area (TPSA) is 0 Å². The molecule has 0 saturated carbocycles. The number of rotatable bonds is 4. The van der Waals surface area contributed by atoms with Crippen LogP contribution in [0.2, 0.25) is 0 Å². The van der Waals surface area contributed by atoms with Crippen molar-refractivity contribution in [2.45, 2.75) is 52.4 Å². The van der Waals surface area contributed by atoms with E-state index < -0.39 is 0 Å². The second-order valence-electron chi connectivity index (χ2n) is 8.27. The zero-order valence-corrected chi connectivity index (χ0v) is 16.3. The highest BCUT2D eigenvalue weighted by Gasteiger charge is 2.18. The van der Waals surface area contributed by atoms with Gasteiger partial charge in [-0.1, -0.05) is 88.4 Å². The van der Waals surface area contributed by atoms with Crippen molar-refractivity contribution in [2.75, 3.05) is 0 Å². The van der Waals surface area contributed by atoms with Crippen molar-refractivity contribution >= 4 is 0 Å². The van der Waals surface area contributed by atoms with Gasteiger partial charge in [-0.05, 0) is 69.2 Å². The van der Waals surface area contributed by atoms with Gasteiger partial charge in [-0.2, -0.15) is 0 Å². The van der Waals surface area contributed by atoms with E-state index in [9.17, 15) is 0 Å². The quantitative estimate of drug-likeness (QED) is 0.372. The summed E-state index contributed by atoms with van der Waals surface area (Å²) < 4.78 is 0. The Bertz CT molecular complexity index is 944. The minimum atomic E-state index is 0.560. The average molecular weight is 341 g/mol. The van der Waals surface area contributed by atoms with Crippen LogP contribution in [0.4, 0.5) is 0 Å². The highest BCUT2D eigenvalue weighted by atomic mass is 14.2. The summed E-state index contributed by atoms with van der Waals surface area (Å²) in [7, 11) is 0. The van der Waals surface area contributed by atoms with Gasteiger partial charge >= 0.3 is 0 Å². The maximum Gasteiger partial charge on any atom is -0.00134 e. The van der Waals surface area contributed by atoms with E-state index in [1.807, 2.05) is 0 Å². The fraction of sp³-hybridized carbons (Fsp3) is 0.308. The van der Waals surface area contributed by atoms with Gasteiger partial charge < -0.3 is 0 Å². The molecule has 132 valence electrons. The minimum absolute atomic E-state index is 0.560. The first-order valence-corrected chi connectivity index (χ1v) is 9.85. The van der Waals surface area contributed by atoms with Crippen molar-refractivity contribution in [1.29, 1.82) is 0 Å². The van der Waals surface area contributed by atoms with Gasteiger partial charge in [0, 0.05) is 0 Å². The van der Waals surface area contributed by atoms with Crippen LogP contribution in [0.5, 0.6) is 0 Å². The standard InChI is InChI=1S/C26H28/c1-17(2)20-10-12-24(18(3)4)22(15-20)13-19-9-11-26-23(14-19)16-21-7-5-6-8-25(21)26/h5-12,14-15,17-18H,13,16H2,1-4H3. The molecule has 0 saturated heterocycles. The highest BCUT2D eigenvalue weighted by Crippen LogP contribution is 2.37. The van der Waals surface area contributed by atoms with Crippen molar-refractivity contribution < 1.29 is 0 Å². The van der Waals surface area contributed by atoms with E-state index in [4.69, 9.17) is 0 Å². The molecule has 0 heterocycles. The molecular weight excluding hydrogens is 312 g/mol. The lowest BCUT2D eigenvalue weighted by atomic mass is 9.88. The molecule has 4 rings (SSSR count). The van der Waals surface area contributed by atoms with E-state index in [0.717, 1.165) is 12.8 Å². The van der Waals surface area contributed by atoms with E-state index >= 15 is 0 Å². The minimum Gasteiger partial charge on any atom is -0.0619 e. The van der Waals surface area contributed by atoms with Crippen LogP contribution in [0.15, 0.2) is 60.7 Å². The van der Waals surface area contributed by atoms with Crippen LogP contribution in [-0.4, -0.2) is 0 Å². The smallest absolute Gasteiger partial charge is 0.00134 e. The van der Waals surface area contributed by atoms with Crippen molar-refractivity contribution in [1.82, 2.24) is 0 Å². The molecule has 0 atom stereocenters. The van der Waals surface area contributed by atoms with Gasteiger partial charge in [-0.15, -0.1) is 0 Å². The lowest BCUT2D eigenvalue weighted by Crippen LogP contribution is -2.01.